The zero-order chi connectivity index (χ0) is 11.2. The first kappa shape index (κ1) is 11.3. The van der Waals surface area contributed by atoms with Gasteiger partial charge in [-0.3, -0.25) is 0 Å². The van der Waals surface area contributed by atoms with Crippen LogP contribution < -0.4 is 10.1 Å². The van der Waals surface area contributed by atoms with Gasteiger partial charge in [0.25, 0.3) is 0 Å². The summed E-state index contributed by atoms with van der Waals surface area (Å²) < 4.78 is 5.68. The van der Waals surface area contributed by atoms with Crippen LogP contribution in [-0.4, -0.2) is 29.7 Å². The number of nitrogens with zero attached hydrogens (tertiary/aromatic N) is 2. The van der Waals surface area contributed by atoms with E-state index in [1.165, 1.54) is 17.7 Å². The molecule has 0 bridgehead atoms. The maximum Gasteiger partial charge on any atom is 0.219 e. The third-order valence-electron chi connectivity index (χ3n) is 2.78. The van der Waals surface area contributed by atoms with Crippen LogP contribution in [0.25, 0.3) is 0 Å². The summed E-state index contributed by atoms with van der Waals surface area (Å²) in [6.45, 7) is 4.77. The maximum absolute atomic E-state index is 5.68. The van der Waals surface area contributed by atoms with Crippen molar-refractivity contribution < 1.29 is 4.74 Å². The van der Waals surface area contributed by atoms with Crippen LogP contribution >= 0.6 is 0 Å². The fourth-order valence-corrected chi connectivity index (χ4v) is 1.98. The van der Waals surface area contributed by atoms with Crippen LogP contribution in [0.1, 0.15) is 31.0 Å². The molecule has 1 N–H and O–H groups in total. The number of hydrogen-bond donors (Lipinski definition) is 1. The van der Waals surface area contributed by atoms with Crippen LogP contribution in [0.15, 0.2) is 6.33 Å². The smallest absolute Gasteiger partial charge is 0.219 e. The van der Waals surface area contributed by atoms with Gasteiger partial charge in [0.1, 0.15) is 12.9 Å². The molecule has 0 aromatic carbocycles. The molecule has 0 amide bonds. The molecule has 16 heavy (non-hydrogen) atoms. The highest BCUT2D eigenvalue weighted by Gasteiger charge is 2.17. The molecule has 0 aliphatic heterocycles. The second-order valence-electron chi connectivity index (χ2n) is 4.06. The molecule has 0 fully saturated rings. The molecule has 1 aliphatic carbocycles. The lowest BCUT2D eigenvalue weighted by molar-refractivity contribution is 0.299. The first-order valence-corrected chi connectivity index (χ1v) is 6.08. The van der Waals surface area contributed by atoms with E-state index in [1.54, 1.807) is 6.33 Å². The van der Waals surface area contributed by atoms with Crippen molar-refractivity contribution in [2.24, 2.45) is 0 Å². The van der Waals surface area contributed by atoms with E-state index < -0.39 is 0 Å². The Morgan fingerprint density at radius 2 is 2.25 bits per heavy atom. The number of aryl methyl sites for hydroxylation is 1. The second-order valence-corrected chi connectivity index (χ2v) is 4.06. The lowest BCUT2D eigenvalue weighted by atomic mass is 10.2. The summed E-state index contributed by atoms with van der Waals surface area (Å²) in [5, 5.41) is 3.30. The minimum Gasteiger partial charge on any atom is -0.476 e. The van der Waals surface area contributed by atoms with Gasteiger partial charge in [0, 0.05) is 12.1 Å². The molecule has 0 spiro atoms. The molecule has 0 unspecified atom stereocenters. The normalized spacial score (nSPS) is 13.8. The van der Waals surface area contributed by atoms with Gasteiger partial charge < -0.3 is 10.1 Å². The molecule has 88 valence electrons. The van der Waals surface area contributed by atoms with Crippen LogP contribution in [0.2, 0.25) is 0 Å². The summed E-state index contributed by atoms with van der Waals surface area (Å²) in [5.74, 6) is 0.792. The highest BCUT2D eigenvalue weighted by molar-refractivity contribution is 5.33. The Morgan fingerprint density at radius 3 is 3.12 bits per heavy atom. The highest BCUT2D eigenvalue weighted by atomic mass is 16.5. The van der Waals surface area contributed by atoms with Gasteiger partial charge in [-0.05, 0) is 32.2 Å². The van der Waals surface area contributed by atoms with E-state index in [4.69, 9.17) is 4.74 Å². The lowest BCUT2D eigenvalue weighted by Crippen LogP contribution is -2.22. The van der Waals surface area contributed by atoms with E-state index in [-0.39, 0.29) is 0 Å². The van der Waals surface area contributed by atoms with Gasteiger partial charge in [0.15, 0.2) is 0 Å². The van der Waals surface area contributed by atoms with E-state index >= 15 is 0 Å². The van der Waals surface area contributed by atoms with Crippen molar-refractivity contribution in [1.29, 1.82) is 0 Å². The molecule has 4 heteroatoms. The summed E-state index contributed by atoms with van der Waals surface area (Å²) >= 11 is 0. The second kappa shape index (κ2) is 5.80. The van der Waals surface area contributed by atoms with Crippen LogP contribution in [0.5, 0.6) is 5.88 Å². The van der Waals surface area contributed by atoms with Crippen molar-refractivity contribution in [1.82, 2.24) is 15.3 Å². The molecule has 1 aliphatic rings. The topological polar surface area (TPSA) is 47.0 Å². The van der Waals surface area contributed by atoms with E-state index in [0.29, 0.717) is 6.61 Å². The van der Waals surface area contributed by atoms with E-state index in [1.807, 2.05) is 0 Å². The molecular weight excluding hydrogens is 202 g/mol. The molecular formula is C12H19N3O. The predicted octanol–water partition coefficient (Wildman–Crippen LogP) is 1.34. The number of nitrogens with one attached hydrogen (secondary N) is 1. The van der Waals surface area contributed by atoms with Gasteiger partial charge in [0.05, 0.1) is 5.69 Å². The fourth-order valence-electron chi connectivity index (χ4n) is 1.98. The van der Waals surface area contributed by atoms with Crippen LogP contribution in [0, 0.1) is 0 Å². The van der Waals surface area contributed by atoms with Gasteiger partial charge >= 0.3 is 0 Å². The first-order valence-electron chi connectivity index (χ1n) is 6.08. The van der Waals surface area contributed by atoms with Crippen LogP contribution in [-0.2, 0) is 12.8 Å². The third kappa shape index (κ3) is 2.70. The zero-order valence-corrected chi connectivity index (χ0v) is 9.83. The largest absolute Gasteiger partial charge is 0.476 e. The van der Waals surface area contributed by atoms with Crippen molar-refractivity contribution in [2.75, 3.05) is 19.7 Å². The minimum absolute atomic E-state index is 0.684. The quantitative estimate of drug-likeness (QED) is 0.736. The number of ether oxygens (including phenoxy) is 1. The van der Waals surface area contributed by atoms with Crippen LogP contribution in [0.3, 0.4) is 0 Å². The Hall–Kier alpha value is -1.16. The zero-order valence-electron chi connectivity index (χ0n) is 9.83. The van der Waals surface area contributed by atoms with Crippen molar-refractivity contribution in [3.05, 3.63) is 17.6 Å². The van der Waals surface area contributed by atoms with Crippen LogP contribution in [0.4, 0.5) is 0 Å². The minimum atomic E-state index is 0.684. The van der Waals surface area contributed by atoms with Gasteiger partial charge in [0.2, 0.25) is 5.88 Å². The first-order chi connectivity index (χ1) is 7.92. The van der Waals surface area contributed by atoms with Gasteiger partial charge in [-0.2, -0.15) is 0 Å². The molecule has 0 saturated carbocycles. The Kier molecular flexibility index (Phi) is 4.10. The molecule has 0 radical (unpaired) electrons. The highest BCUT2D eigenvalue weighted by Crippen LogP contribution is 2.26. The summed E-state index contributed by atoms with van der Waals surface area (Å²) in [7, 11) is 0. The number of fused-ring (bicyclic) bond motifs is 1. The van der Waals surface area contributed by atoms with Crippen molar-refractivity contribution in [3.63, 3.8) is 0 Å². The Bertz CT molecular complexity index is 341. The van der Waals surface area contributed by atoms with Crippen molar-refractivity contribution >= 4 is 0 Å². The molecule has 0 saturated heterocycles. The van der Waals surface area contributed by atoms with E-state index in [0.717, 1.165) is 38.2 Å². The SMILES string of the molecule is CCCNCCOc1ncnc2c1CCC2. The molecule has 1 aromatic heterocycles. The van der Waals surface area contributed by atoms with Crippen molar-refractivity contribution in [2.45, 2.75) is 32.6 Å². The third-order valence-corrected chi connectivity index (χ3v) is 2.78. The van der Waals surface area contributed by atoms with Crippen molar-refractivity contribution in [3.8, 4) is 5.88 Å². The Balaban J connectivity index is 1.83. The van der Waals surface area contributed by atoms with Gasteiger partial charge in [-0.15, -0.1) is 0 Å². The fraction of sp³-hybridized carbons (Fsp3) is 0.667. The van der Waals surface area contributed by atoms with Gasteiger partial charge in [-0.1, -0.05) is 6.92 Å². The standard InChI is InChI=1S/C12H19N3O/c1-2-6-13-7-8-16-12-10-4-3-5-11(10)14-9-15-12/h9,13H,2-8H2,1H3. The average molecular weight is 221 g/mol. The summed E-state index contributed by atoms with van der Waals surface area (Å²) in [5.41, 5.74) is 2.39. The Labute approximate surface area is 96.4 Å². The van der Waals surface area contributed by atoms with Gasteiger partial charge in [-0.25, -0.2) is 9.97 Å². The summed E-state index contributed by atoms with van der Waals surface area (Å²) in [6, 6.07) is 0. The molecule has 1 heterocycles. The van der Waals surface area contributed by atoms with E-state index in [9.17, 15) is 0 Å². The molecule has 2 rings (SSSR count). The number of hydrogen-bond acceptors (Lipinski definition) is 4. The Morgan fingerprint density at radius 1 is 1.31 bits per heavy atom. The van der Waals surface area contributed by atoms with E-state index in [2.05, 4.69) is 22.2 Å². The monoisotopic (exact) mass is 221 g/mol. The lowest BCUT2D eigenvalue weighted by Gasteiger charge is -2.09. The predicted molar refractivity (Wildman–Crippen MR) is 62.7 cm³/mol. The molecule has 1 aromatic rings. The number of aromatic nitrogens is 2. The maximum atomic E-state index is 5.68. The summed E-state index contributed by atoms with van der Waals surface area (Å²) in [4.78, 5) is 8.48. The number of rotatable bonds is 6. The summed E-state index contributed by atoms with van der Waals surface area (Å²) in [6.07, 6.45) is 6.08. The molecule has 4 nitrogen and oxygen atoms in total. The average Bonchev–Trinajstić information content (AvgIpc) is 2.77. The molecule has 0 atom stereocenters.